The maximum atomic E-state index is 11.7. The number of carboxylic acids is 1. The van der Waals surface area contributed by atoms with Gasteiger partial charge < -0.3 is 20.6 Å². The van der Waals surface area contributed by atoms with Crippen molar-refractivity contribution >= 4 is 12.0 Å². The molecule has 0 spiro atoms. The average molecular weight is 257 g/mol. The summed E-state index contributed by atoms with van der Waals surface area (Å²) in [4.78, 5) is 24.8. The summed E-state index contributed by atoms with van der Waals surface area (Å²) < 4.78 is 0. The van der Waals surface area contributed by atoms with Crippen molar-refractivity contribution < 1.29 is 14.7 Å². The number of rotatable bonds is 5. The molecule has 104 valence electrons. The molecule has 0 aromatic rings. The predicted molar refractivity (Wildman–Crippen MR) is 68.5 cm³/mol. The summed E-state index contributed by atoms with van der Waals surface area (Å²) in [6.45, 7) is 3.82. The van der Waals surface area contributed by atoms with Crippen LogP contribution in [0.1, 0.15) is 32.6 Å². The molecule has 0 aromatic carbocycles. The zero-order valence-electron chi connectivity index (χ0n) is 11.1. The summed E-state index contributed by atoms with van der Waals surface area (Å²) in [5.41, 5.74) is 0. The highest BCUT2D eigenvalue weighted by Gasteiger charge is 2.22. The highest BCUT2D eigenvalue weighted by Crippen LogP contribution is 2.08. The Bertz CT molecular complexity index is 288. The maximum Gasteiger partial charge on any atom is 0.326 e. The van der Waals surface area contributed by atoms with Gasteiger partial charge in [-0.05, 0) is 39.4 Å². The molecule has 1 aliphatic heterocycles. The van der Waals surface area contributed by atoms with Crippen LogP contribution in [0.25, 0.3) is 0 Å². The Balaban J connectivity index is 2.33. The topological polar surface area (TPSA) is 81.7 Å². The smallest absolute Gasteiger partial charge is 0.326 e. The number of carbonyl (C=O) groups excluding carboxylic acids is 1. The van der Waals surface area contributed by atoms with Gasteiger partial charge in [0.15, 0.2) is 0 Å². The largest absolute Gasteiger partial charge is 0.480 e. The third-order valence-corrected chi connectivity index (χ3v) is 3.23. The predicted octanol–water partition coefficient (Wildman–Crippen LogP) is 0.633. The minimum atomic E-state index is -0.977. The standard InChI is InChI=1S/C12H23N3O3/c1-3-4-10(11(16)17)14-12(18)13-9-5-7-15(2)8-6-9/h9-10H,3-8H2,1-2H3,(H,16,17)(H2,13,14,18)/t10-/m0/s1. The fourth-order valence-electron chi connectivity index (χ4n) is 2.08. The molecular weight excluding hydrogens is 234 g/mol. The number of urea groups is 1. The lowest BCUT2D eigenvalue weighted by Crippen LogP contribution is -2.51. The van der Waals surface area contributed by atoms with E-state index in [9.17, 15) is 9.59 Å². The van der Waals surface area contributed by atoms with Crippen LogP contribution in [0, 0.1) is 0 Å². The third kappa shape index (κ3) is 4.91. The zero-order chi connectivity index (χ0) is 13.5. The molecule has 0 unspecified atom stereocenters. The highest BCUT2D eigenvalue weighted by atomic mass is 16.4. The molecular formula is C12H23N3O3. The van der Waals surface area contributed by atoms with Crippen molar-refractivity contribution in [1.29, 1.82) is 0 Å². The Hall–Kier alpha value is -1.30. The van der Waals surface area contributed by atoms with Gasteiger partial charge in [-0.1, -0.05) is 13.3 Å². The molecule has 1 rings (SSSR count). The first-order valence-electron chi connectivity index (χ1n) is 6.51. The lowest BCUT2D eigenvalue weighted by Gasteiger charge is -2.29. The van der Waals surface area contributed by atoms with E-state index in [2.05, 4.69) is 22.6 Å². The van der Waals surface area contributed by atoms with Gasteiger partial charge in [0.1, 0.15) is 6.04 Å². The van der Waals surface area contributed by atoms with Crippen molar-refractivity contribution in [2.24, 2.45) is 0 Å². The van der Waals surface area contributed by atoms with Crippen LogP contribution in [0.4, 0.5) is 4.79 Å². The van der Waals surface area contributed by atoms with E-state index in [1.54, 1.807) is 0 Å². The second-order valence-corrected chi connectivity index (χ2v) is 4.87. The number of carboxylic acid groups (broad SMARTS) is 1. The minimum absolute atomic E-state index is 0.150. The molecule has 6 heteroatoms. The second kappa shape index (κ2) is 7.20. The monoisotopic (exact) mass is 257 g/mol. The lowest BCUT2D eigenvalue weighted by atomic mass is 10.1. The first-order chi connectivity index (χ1) is 8.52. The van der Waals surface area contributed by atoms with E-state index in [1.165, 1.54) is 0 Å². The molecule has 0 aromatic heterocycles. The summed E-state index contributed by atoms with van der Waals surface area (Å²) in [6, 6.07) is -1.01. The van der Waals surface area contributed by atoms with E-state index in [4.69, 9.17) is 5.11 Å². The number of amides is 2. The number of aliphatic carboxylic acids is 1. The first-order valence-corrected chi connectivity index (χ1v) is 6.51. The van der Waals surface area contributed by atoms with Crippen molar-refractivity contribution in [1.82, 2.24) is 15.5 Å². The summed E-state index contributed by atoms with van der Waals surface area (Å²) in [6.07, 6.45) is 3.01. The Morgan fingerprint density at radius 2 is 2.00 bits per heavy atom. The summed E-state index contributed by atoms with van der Waals surface area (Å²) in [5.74, 6) is -0.977. The van der Waals surface area contributed by atoms with Crippen LogP contribution in [-0.4, -0.2) is 54.2 Å². The molecule has 0 radical (unpaired) electrons. The van der Waals surface area contributed by atoms with E-state index in [0.717, 1.165) is 32.4 Å². The Morgan fingerprint density at radius 1 is 1.39 bits per heavy atom. The normalized spacial score (nSPS) is 19.2. The molecule has 1 fully saturated rings. The quantitative estimate of drug-likeness (QED) is 0.675. The van der Waals surface area contributed by atoms with Crippen molar-refractivity contribution in [3.05, 3.63) is 0 Å². The fourth-order valence-corrected chi connectivity index (χ4v) is 2.08. The van der Waals surface area contributed by atoms with Gasteiger partial charge in [-0.2, -0.15) is 0 Å². The number of hydrogen-bond donors (Lipinski definition) is 3. The van der Waals surface area contributed by atoms with Crippen molar-refractivity contribution in [2.75, 3.05) is 20.1 Å². The van der Waals surface area contributed by atoms with Gasteiger partial charge >= 0.3 is 12.0 Å². The van der Waals surface area contributed by atoms with Gasteiger partial charge in [-0.3, -0.25) is 0 Å². The third-order valence-electron chi connectivity index (χ3n) is 3.23. The number of carbonyl (C=O) groups is 2. The number of nitrogens with zero attached hydrogens (tertiary/aromatic N) is 1. The first kappa shape index (κ1) is 14.8. The second-order valence-electron chi connectivity index (χ2n) is 4.87. The molecule has 0 aliphatic carbocycles. The van der Waals surface area contributed by atoms with Crippen LogP contribution in [0.15, 0.2) is 0 Å². The van der Waals surface area contributed by atoms with Gasteiger partial charge in [0, 0.05) is 6.04 Å². The van der Waals surface area contributed by atoms with Crippen LogP contribution in [-0.2, 0) is 4.79 Å². The van der Waals surface area contributed by atoms with Gasteiger partial charge in [0.25, 0.3) is 0 Å². The summed E-state index contributed by atoms with van der Waals surface area (Å²) in [5, 5.41) is 14.3. The number of nitrogens with one attached hydrogen (secondary N) is 2. The van der Waals surface area contributed by atoms with E-state index >= 15 is 0 Å². The maximum absolute atomic E-state index is 11.7. The van der Waals surface area contributed by atoms with E-state index in [-0.39, 0.29) is 12.1 Å². The molecule has 1 heterocycles. The van der Waals surface area contributed by atoms with Crippen molar-refractivity contribution in [3.63, 3.8) is 0 Å². The van der Waals surface area contributed by atoms with E-state index in [0.29, 0.717) is 6.42 Å². The van der Waals surface area contributed by atoms with Crippen molar-refractivity contribution in [2.45, 2.75) is 44.7 Å². The summed E-state index contributed by atoms with van der Waals surface area (Å²) in [7, 11) is 2.05. The van der Waals surface area contributed by atoms with Gasteiger partial charge in [-0.15, -0.1) is 0 Å². The van der Waals surface area contributed by atoms with Crippen LogP contribution < -0.4 is 10.6 Å². The summed E-state index contributed by atoms with van der Waals surface area (Å²) >= 11 is 0. The molecule has 1 saturated heterocycles. The molecule has 3 N–H and O–H groups in total. The molecule has 2 amide bonds. The fraction of sp³-hybridized carbons (Fsp3) is 0.833. The minimum Gasteiger partial charge on any atom is -0.480 e. The van der Waals surface area contributed by atoms with E-state index < -0.39 is 12.0 Å². The lowest BCUT2D eigenvalue weighted by molar-refractivity contribution is -0.139. The zero-order valence-corrected chi connectivity index (χ0v) is 11.1. The van der Waals surface area contributed by atoms with Gasteiger partial charge in [0.2, 0.25) is 0 Å². The Kier molecular flexibility index (Phi) is 5.91. The van der Waals surface area contributed by atoms with Crippen LogP contribution in [0.2, 0.25) is 0 Å². The molecule has 0 saturated carbocycles. The molecule has 1 atom stereocenters. The van der Waals surface area contributed by atoms with Gasteiger partial charge in [0.05, 0.1) is 0 Å². The number of likely N-dealkylation sites (tertiary alicyclic amines) is 1. The molecule has 1 aliphatic rings. The molecule has 18 heavy (non-hydrogen) atoms. The number of hydrogen-bond acceptors (Lipinski definition) is 3. The molecule has 0 bridgehead atoms. The van der Waals surface area contributed by atoms with Crippen molar-refractivity contribution in [3.8, 4) is 0 Å². The van der Waals surface area contributed by atoms with Gasteiger partial charge in [-0.25, -0.2) is 9.59 Å². The van der Waals surface area contributed by atoms with Crippen LogP contribution in [0.5, 0.6) is 0 Å². The number of piperidine rings is 1. The Labute approximate surface area is 108 Å². The average Bonchev–Trinajstić information content (AvgIpc) is 2.31. The molecule has 6 nitrogen and oxygen atoms in total. The SMILES string of the molecule is CCC[C@H](NC(=O)NC1CCN(C)CC1)C(=O)O. The van der Waals surface area contributed by atoms with Crippen LogP contribution in [0.3, 0.4) is 0 Å². The highest BCUT2D eigenvalue weighted by molar-refractivity contribution is 5.82. The van der Waals surface area contributed by atoms with Crippen LogP contribution >= 0.6 is 0 Å². The van der Waals surface area contributed by atoms with E-state index in [1.807, 2.05) is 6.92 Å². The Morgan fingerprint density at radius 3 is 2.50 bits per heavy atom.